The van der Waals surface area contributed by atoms with Crippen LogP contribution < -0.4 is 5.32 Å². The molecule has 1 rings (SSSR count). The SMILES string of the molecule is CNC(=O)C(C)c1ccnc(Cl)c1F. The molecule has 14 heavy (non-hydrogen) atoms. The maximum Gasteiger partial charge on any atom is 0.227 e. The van der Waals surface area contributed by atoms with Crippen LogP contribution >= 0.6 is 11.6 Å². The van der Waals surface area contributed by atoms with Gasteiger partial charge in [0.1, 0.15) is 0 Å². The van der Waals surface area contributed by atoms with Gasteiger partial charge in [-0.2, -0.15) is 0 Å². The van der Waals surface area contributed by atoms with Gasteiger partial charge in [-0.3, -0.25) is 4.79 Å². The number of carbonyl (C=O) groups is 1. The number of likely N-dealkylation sites (N-methyl/N-ethyl adjacent to an activating group) is 1. The van der Waals surface area contributed by atoms with Gasteiger partial charge in [0.15, 0.2) is 11.0 Å². The number of aromatic nitrogens is 1. The molecule has 1 atom stereocenters. The fourth-order valence-electron chi connectivity index (χ4n) is 1.12. The van der Waals surface area contributed by atoms with Crippen molar-refractivity contribution in [2.75, 3.05) is 7.05 Å². The minimum atomic E-state index is -0.634. The van der Waals surface area contributed by atoms with Gasteiger partial charge in [-0.05, 0) is 13.0 Å². The molecule has 0 radical (unpaired) electrons. The largest absolute Gasteiger partial charge is 0.359 e. The highest BCUT2D eigenvalue weighted by Crippen LogP contribution is 2.22. The Bertz CT molecular complexity index is 357. The van der Waals surface area contributed by atoms with Crippen LogP contribution in [0.2, 0.25) is 5.15 Å². The number of halogens is 2. The van der Waals surface area contributed by atoms with Gasteiger partial charge < -0.3 is 5.32 Å². The van der Waals surface area contributed by atoms with E-state index in [9.17, 15) is 9.18 Å². The number of nitrogens with one attached hydrogen (secondary N) is 1. The predicted molar refractivity (Wildman–Crippen MR) is 51.7 cm³/mol. The van der Waals surface area contributed by atoms with E-state index in [4.69, 9.17) is 11.6 Å². The van der Waals surface area contributed by atoms with Gasteiger partial charge in [0.25, 0.3) is 0 Å². The lowest BCUT2D eigenvalue weighted by atomic mass is 10.0. The summed E-state index contributed by atoms with van der Waals surface area (Å²) in [6, 6.07) is 1.45. The van der Waals surface area contributed by atoms with Crippen molar-refractivity contribution in [2.45, 2.75) is 12.8 Å². The minimum Gasteiger partial charge on any atom is -0.359 e. The lowest BCUT2D eigenvalue weighted by Gasteiger charge is -2.10. The second-order valence-electron chi connectivity index (χ2n) is 2.84. The number of amides is 1. The summed E-state index contributed by atoms with van der Waals surface area (Å²) >= 11 is 5.49. The first-order valence-electron chi connectivity index (χ1n) is 4.09. The van der Waals surface area contributed by atoms with E-state index >= 15 is 0 Å². The standard InChI is InChI=1S/C9H10ClFN2O/c1-5(9(14)12-2)6-3-4-13-8(10)7(6)11/h3-5H,1-2H3,(H,12,14). The van der Waals surface area contributed by atoms with Crippen LogP contribution in [0.3, 0.4) is 0 Å². The van der Waals surface area contributed by atoms with Crippen LogP contribution in [0.15, 0.2) is 12.3 Å². The summed E-state index contributed by atoms with van der Waals surface area (Å²) < 4.78 is 13.4. The van der Waals surface area contributed by atoms with Gasteiger partial charge in [-0.25, -0.2) is 9.37 Å². The highest BCUT2D eigenvalue weighted by atomic mass is 35.5. The van der Waals surface area contributed by atoms with Crippen molar-refractivity contribution in [1.29, 1.82) is 0 Å². The molecule has 1 N–H and O–H groups in total. The van der Waals surface area contributed by atoms with Crippen molar-refractivity contribution in [3.05, 3.63) is 28.8 Å². The van der Waals surface area contributed by atoms with Crippen LogP contribution in [0, 0.1) is 5.82 Å². The fourth-order valence-corrected chi connectivity index (χ4v) is 1.29. The molecule has 1 aromatic heterocycles. The summed E-state index contributed by atoms with van der Waals surface area (Å²) in [7, 11) is 1.50. The molecule has 0 aliphatic rings. The maximum atomic E-state index is 13.4. The molecule has 0 saturated carbocycles. The number of nitrogens with zero attached hydrogens (tertiary/aromatic N) is 1. The smallest absolute Gasteiger partial charge is 0.227 e. The highest BCUT2D eigenvalue weighted by molar-refractivity contribution is 6.29. The Morgan fingerprint density at radius 1 is 1.71 bits per heavy atom. The minimum absolute atomic E-state index is 0.210. The third kappa shape index (κ3) is 2.01. The molecule has 5 heteroatoms. The molecule has 1 unspecified atom stereocenters. The van der Waals surface area contributed by atoms with Gasteiger partial charge in [0.2, 0.25) is 5.91 Å². The second kappa shape index (κ2) is 4.37. The van der Waals surface area contributed by atoms with Crippen LogP contribution in [0.5, 0.6) is 0 Å². The van der Waals surface area contributed by atoms with Gasteiger partial charge in [-0.1, -0.05) is 11.6 Å². The van der Waals surface area contributed by atoms with Gasteiger partial charge >= 0.3 is 0 Å². The molecule has 0 spiro atoms. The van der Waals surface area contributed by atoms with Crippen LogP contribution in [-0.4, -0.2) is 17.9 Å². The zero-order valence-electron chi connectivity index (χ0n) is 7.84. The Kier molecular flexibility index (Phi) is 3.41. The molecular weight excluding hydrogens is 207 g/mol. The van der Waals surface area contributed by atoms with Gasteiger partial charge in [0.05, 0.1) is 5.92 Å². The van der Waals surface area contributed by atoms with E-state index in [1.165, 1.54) is 19.3 Å². The fraction of sp³-hybridized carbons (Fsp3) is 0.333. The summed E-state index contributed by atoms with van der Waals surface area (Å²) in [6.07, 6.45) is 1.38. The molecule has 1 amide bonds. The third-order valence-corrected chi connectivity index (χ3v) is 2.25. The Morgan fingerprint density at radius 3 is 2.93 bits per heavy atom. The van der Waals surface area contributed by atoms with Crippen molar-refractivity contribution in [1.82, 2.24) is 10.3 Å². The predicted octanol–water partition coefficient (Wildman–Crippen LogP) is 1.72. The molecule has 1 heterocycles. The molecule has 0 saturated heterocycles. The summed E-state index contributed by atoms with van der Waals surface area (Å²) in [5.41, 5.74) is 0.254. The molecule has 0 bridgehead atoms. The Labute approximate surface area is 86.3 Å². The zero-order chi connectivity index (χ0) is 10.7. The number of rotatable bonds is 2. The molecule has 0 aliphatic heterocycles. The summed E-state index contributed by atoms with van der Waals surface area (Å²) in [5, 5.41) is 2.23. The van der Waals surface area contributed by atoms with Crippen molar-refractivity contribution >= 4 is 17.5 Å². The van der Waals surface area contributed by atoms with Gasteiger partial charge in [0, 0.05) is 18.8 Å². The molecule has 0 aromatic carbocycles. The van der Waals surface area contributed by atoms with Crippen LogP contribution in [0.1, 0.15) is 18.4 Å². The zero-order valence-corrected chi connectivity index (χ0v) is 8.60. The average Bonchev–Trinajstić information content (AvgIpc) is 2.20. The van der Waals surface area contributed by atoms with Crippen LogP contribution in [0.4, 0.5) is 4.39 Å². The van der Waals surface area contributed by atoms with Crippen LogP contribution in [0.25, 0.3) is 0 Å². The van der Waals surface area contributed by atoms with E-state index in [1.807, 2.05) is 0 Å². The highest BCUT2D eigenvalue weighted by Gasteiger charge is 2.19. The van der Waals surface area contributed by atoms with Crippen molar-refractivity contribution < 1.29 is 9.18 Å². The number of hydrogen-bond donors (Lipinski definition) is 1. The quantitative estimate of drug-likeness (QED) is 0.765. The molecule has 0 fully saturated rings. The average molecular weight is 217 g/mol. The van der Waals surface area contributed by atoms with E-state index in [-0.39, 0.29) is 16.6 Å². The molecule has 76 valence electrons. The Hall–Kier alpha value is -1.16. The maximum absolute atomic E-state index is 13.4. The first-order chi connectivity index (χ1) is 6.57. The number of hydrogen-bond acceptors (Lipinski definition) is 2. The third-order valence-electron chi connectivity index (χ3n) is 1.98. The van der Waals surface area contributed by atoms with E-state index in [0.717, 1.165) is 0 Å². The van der Waals surface area contributed by atoms with Crippen molar-refractivity contribution in [3.8, 4) is 0 Å². The Balaban J connectivity index is 3.07. The topological polar surface area (TPSA) is 42.0 Å². The van der Waals surface area contributed by atoms with Gasteiger partial charge in [-0.15, -0.1) is 0 Å². The van der Waals surface area contributed by atoms with Crippen LogP contribution in [-0.2, 0) is 4.79 Å². The lowest BCUT2D eigenvalue weighted by Crippen LogP contribution is -2.24. The lowest BCUT2D eigenvalue weighted by molar-refractivity contribution is -0.121. The normalized spacial score (nSPS) is 12.3. The summed E-state index contributed by atoms with van der Waals surface area (Å²) in [4.78, 5) is 14.8. The Morgan fingerprint density at radius 2 is 2.36 bits per heavy atom. The van der Waals surface area contributed by atoms with Crippen molar-refractivity contribution in [3.63, 3.8) is 0 Å². The van der Waals surface area contributed by atoms with E-state index in [1.54, 1.807) is 6.92 Å². The summed E-state index contributed by atoms with van der Waals surface area (Å²) in [5.74, 6) is -1.46. The number of carbonyl (C=O) groups excluding carboxylic acids is 1. The number of pyridine rings is 1. The first kappa shape index (κ1) is 10.9. The molecular formula is C9H10ClFN2O. The first-order valence-corrected chi connectivity index (χ1v) is 4.47. The monoisotopic (exact) mass is 216 g/mol. The van der Waals surface area contributed by atoms with Crippen molar-refractivity contribution in [2.24, 2.45) is 0 Å². The molecule has 0 aliphatic carbocycles. The second-order valence-corrected chi connectivity index (χ2v) is 3.20. The van der Waals surface area contributed by atoms with E-state index in [2.05, 4.69) is 10.3 Å². The molecule has 1 aromatic rings. The van der Waals surface area contributed by atoms with E-state index < -0.39 is 11.7 Å². The van der Waals surface area contributed by atoms with E-state index in [0.29, 0.717) is 0 Å². The molecule has 3 nitrogen and oxygen atoms in total. The summed E-state index contributed by atoms with van der Waals surface area (Å²) in [6.45, 7) is 1.60.